The SMILES string of the molecule is CCCCCC[O][In]([O]CCCCCC)[O]CCCCCC. The fourth-order valence-corrected chi connectivity index (χ4v) is 6.17. The van der Waals surface area contributed by atoms with Gasteiger partial charge in [0.2, 0.25) is 0 Å². The molecule has 0 spiro atoms. The molecule has 0 radical (unpaired) electrons. The number of rotatable bonds is 18. The van der Waals surface area contributed by atoms with Crippen LogP contribution < -0.4 is 0 Å². The fourth-order valence-electron chi connectivity index (χ4n) is 2.27. The minimum absolute atomic E-state index is 0.838. The first-order chi connectivity index (χ1) is 10.8. The van der Waals surface area contributed by atoms with Crippen molar-refractivity contribution in [1.29, 1.82) is 0 Å². The van der Waals surface area contributed by atoms with Gasteiger partial charge >= 0.3 is 149 Å². The van der Waals surface area contributed by atoms with E-state index in [1.807, 2.05) is 0 Å². The van der Waals surface area contributed by atoms with Gasteiger partial charge in [0.05, 0.1) is 0 Å². The van der Waals surface area contributed by atoms with Gasteiger partial charge in [-0.2, -0.15) is 0 Å². The van der Waals surface area contributed by atoms with Crippen molar-refractivity contribution in [3.63, 3.8) is 0 Å². The molecule has 0 aromatic heterocycles. The quantitative estimate of drug-likeness (QED) is 0.265. The van der Waals surface area contributed by atoms with Crippen LogP contribution in [0.2, 0.25) is 0 Å². The molecule has 0 aliphatic carbocycles. The number of unbranched alkanes of at least 4 members (excludes halogenated alkanes) is 9. The molecule has 3 nitrogen and oxygen atoms in total. The molecular formula is C18H39InO3. The van der Waals surface area contributed by atoms with Crippen LogP contribution in [0.15, 0.2) is 0 Å². The first-order valence-electron chi connectivity index (χ1n) is 9.69. The molecule has 0 N–H and O–H groups in total. The average Bonchev–Trinajstić information content (AvgIpc) is 2.53. The predicted octanol–water partition coefficient (Wildman–Crippen LogP) is 5.76. The van der Waals surface area contributed by atoms with Gasteiger partial charge in [-0.1, -0.05) is 0 Å². The molecule has 0 aromatic carbocycles. The Morgan fingerprint density at radius 3 is 1.05 bits per heavy atom. The van der Waals surface area contributed by atoms with Gasteiger partial charge in [-0.15, -0.1) is 0 Å². The molecule has 0 aliphatic heterocycles. The van der Waals surface area contributed by atoms with Crippen molar-refractivity contribution in [3.8, 4) is 0 Å². The summed E-state index contributed by atoms with van der Waals surface area (Å²) in [7, 11) is 0. The monoisotopic (exact) mass is 418 g/mol. The summed E-state index contributed by atoms with van der Waals surface area (Å²) in [5.74, 6) is 0. The summed E-state index contributed by atoms with van der Waals surface area (Å²) >= 11 is -2.62. The Labute approximate surface area is 148 Å². The second-order valence-corrected chi connectivity index (χ2v) is 10.6. The Morgan fingerprint density at radius 2 is 0.773 bits per heavy atom. The van der Waals surface area contributed by atoms with E-state index in [-0.39, 0.29) is 0 Å². The first-order valence-corrected chi connectivity index (χ1v) is 13.7. The summed E-state index contributed by atoms with van der Waals surface area (Å²) < 4.78 is 17.9. The van der Waals surface area contributed by atoms with Crippen molar-refractivity contribution < 1.29 is 8.56 Å². The Kier molecular flexibility index (Phi) is 20.5. The zero-order valence-corrected chi connectivity index (χ0v) is 18.7. The molecule has 0 bridgehead atoms. The van der Waals surface area contributed by atoms with E-state index in [2.05, 4.69) is 20.8 Å². The van der Waals surface area contributed by atoms with E-state index in [1.54, 1.807) is 0 Å². The molecule has 0 saturated carbocycles. The molecule has 0 atom stereocenters. The van der Waals surface area contributed by atoms with E-state index in [0.717, 1.165) is 39.1 Å². The Bertz CT molecular complexity index is 169. The summed E-state index contributed by atoms with van der Waals surface area (Å²) in [5, 5.41) is 0. The Hall–Kier alpha value is 0.750. The molecule has 0 heterocycles. The predicted molar refractivity (Wildman–Crippen MR) is 96.0 cm³/mol. The van der Waals surface area contributed by atoms with Crippen LogP contribution in [0.25, 0.3) is 0 Å². The molecule has 0 aromatic rings. The van der Waals surface area contributed by atoms with E-state index >= 15 is 0 Å². The number of hydrogen-bond acceptors (Lipinski definition) is 3. The normalized spacial score (nSPS) is 11.0. The van der Waals surface area contributed by atoms with Crippen LogP contribution in [0.4, 0.5) is 0 Å². The van der Waals surface area contributed by atoms with Crippen LogP contribution in [0.3, 0.4) is 0 Å². The van der Waals surface area contributed by atoms with Crippen LogP contribution in [0, 0.1) is 0 Å². The maximum atomic E-state index is 5.97. The van der Waals surface area contributed by atoms with Crippen LogP contribution in [-0.4, -0.2) is 42.6 Å². The zero-order valence-electron chi connectivity index (χ0n) is 15.4. The summed E-state index contributed by atoms with van der Waals surface area (Å²) in [5.41, 5.74) is 0. The van der Waals surface area contributed by atoms with E-state index in [4.69, 9.17) is 8.56 Å². The molecule has 132 valence electrons. The summed E-state index contributed by atoms with van der Waals surface area (Å²) in [4.78, 5) is 0. The van der Waals surface area contributed by atoms with Gasteiger partial charge in [0.25, 0.3) is 0 Å². The summed E-state index contributed by atoms with van der Waals surface area (Å²) in [6.45, 7) is 9.23. The van der Waals surface area contributed by atoms with Gasteiger partial charge in [-0.05, 0) is 0 Å². The summed E-state index contributed by atoms with van der Waals surface area (Å²) in [6, 6.07) is 0. The second-order valence-electron chi connectivity index (χ2n) is 6.08. The zero-order chi connectivity index (χ0) is 16.3. The molecule has 0 unspecified atom stereocenters. The Morgan fingerprint density at radius 1 is 0.455 bits per heavy atom. The van der Waals surface area contributed by atoms with E-state index in [9.17, 15) is 0 Å². The third-order valence-corrected chi connectivity index (χ3v) is 8.10. The Balaban J connectivity index is 3.72. The van der Waals surface area contributed by atoms with Gasteiger partial charge in [0, 0.05) is 0 Å². The summed E-state index contributed by atoms with van der Waals surface area (Å²) in [6.07, 6.45) is 15.0. The molecule has 0 rings (SSSR count). The van der Waals surface area contributed by atoms with Gasteiger partial charge in [0.15, 0.2) is 0 Å². The third kappa shape index (κ3) is 17.1. The molecule has 0 fully saturated rings. The van der Waals surface area contributed by atoms with Crippen LogP contribution in [0.1, 0.15) is 97.8 Å². The topological polar surface area (TPSA) is 27.7 Å². The van der Waals surface area contributed by atoms with Crippen molar-refractivity contribution in [2.75, 3.05) is 19.8 Å². The maximum absolute atomic E-state index is 5.97. The first kappa shape index (κ1) is 22.8. The molecular weight excluding hydrogens is 379 g/mol. The van der Waals surface area contributed by atoms with Crippen LogP contribution >= 0.6 is 0 Å². The molecule has 0 aliphatic rings. The van der Waals surface area contributed by atoms with Crippen molar-refractivity contribution >= 4 is 22.7 Å². The van der Waals surface area contributed by atoms with E-state index in [0.29, 0.717) is 0 Å². The minimum atomic E-state index is -2.62. The molecule has 22 heavy (non-hydrogen) atoms. The second kappa shape index (κ2) is 19.8. The standard InChI is InChI=1S/3C6H13O.In/c3*1-2-3-4-5-6-7;/h3*2-6H2,1H3;/q3*-1;+3. The van der Waals surface area contributed by atoms with Gasteiger partial charge < -0.3 is 0 Å². The average molecular weight is 418 g/mol. The van der Waals surface area contributed by atoms with E-state index < -0.39 is 22.7 Å². The van der Waals surface area contributed by atoms with Crippen molar-refractivity contribution in [2.24, 2.45) is 0 Å². The van der Waals surface area contributed by atoms with Crippen molar-refractivity contribution in [2.45, 2.75) is 97.8 Å². The number of hydrogen-bond donors (Lipinski definition) is 0. The molecule has 0 amide bonds. The molecule has 4 heteroatoms. The van der Waals surface area contributed by atoms with Crippen molar-refractivity contribution in [1.82, 2.24) is 0 Å². The fraction of sp³-hybridized carbons (Fsp3) is 1.00. The van der Waals surface area contributed by atoms with E-state index in [1.165, 1.54) is 57.8 Å². The van der Waals surface area contributed by atoms with Gasteiger partial charge in [0.1, 0.15) is 0 Å². The van der Waals surface area contributed by atoms with Crippen molar-refractivity contribution in [3.05, 3.63) is 0 Å². The third-order valence-electron chi connectivity index (χ3n) is 3.76. The van der Waals surface area contributed by atoms with Crippen LogP contribution in [-0.2, 0) is 8.56 Å². The van der Waals surface area contributed by atoms with Gasteiger partial charge in [-0.3, -0.25) is 0 Å². The van der Waals surface area contributed by atoms with Crippen LogP contribution in [0.5, 0.6) is 0 Å². The van der Waals surface area contributed by atoms with Gasteiger partial charge in [-0.25, -0.2) is 0 Å². The molecule has 0 saturated heterocycles.